The summed E-state index contributed by atoms with van der Waals surface area (Å²) in [6.07, 6.45) is 3.68. The van der Waals surface area contributed by atoms with Gasteiger partial charge in [0.2, 0.25) is 10.0 Å². The summed E-state index contributed by atoms with van der Waals surface area (Å²) >= 11 is 13.0. The fourth-order valence-corrected chi connectivity index (χ4v) is 7.61. The van der Waals surface area contributed by atoms with E-state index in [1.165, 1.54) is 0 Å². The van der Waals surface area contributed by atoms with E-state index in [4.69, 9.17) is 39.0 Å². The van der Waals surface area contributed by atoms with Gasteiger partial charge in [0.25, 0.3) is 11.8 Å². The molecule has 5 rings (SSSR count). The number of carbonyl (C=O) groups is 2. The number of nitrogens with one attached hydrogen (secondary N) is 2. The number of nitrogens with two attached hydrogens (primary N) is 1. The number of halogens is 2. The number of oxime groups is 1. The average molecular weight is 675 g/mol. The maximum absolute atomic E-state index is 14.3. The highest BCUT2D eigenvalue weighted by molar-refractivity contribution is 7.88. The van der Waals surface area contributed by atoms with Gasteiger partial charge in [-0.3, -0.25) is 14.4 Å². The monoisotopic (exact) mass is 673 g/mol. The third-order valence-electron chi connectivity index (χ3n) is 8.13. The molecule has 238 valence electrons. The van der Waals surface area contributed by atoms with Gasteiger partial charge in [0.05, 0.1) is 24.8 Å². The molecule has 4 unspecified atom stereocenters. The van der Waals surface area contributed by atoms with Crippen LogP contribution < -0.4 is 15.9 Å². The highest BCUT2D eigenvalue weighted by Gasteiger charge is 2.49. The van der Waals surface area contributed by atoms with Crippen LogP contribution in [-0.4, -0.2) is 54.5 Å². The van der Waals surface area contributed by atoms with Crippen LogP contribution in [0.5, 0.6) is 0 Å². The topological polar surface area (TPSA) is 163 Å². The van der Waals surface area contributed by atoms with Crippen LogP contribution in [0.1, 0.15) is 70.3 Å². The Labute approximate surface area is 271 Å². The molecule has 3 aromatic carbocycles. The van der Waals surface area contributed by atoms with Crippen LogP contribution in [0.3, 0.4) is 0 Å². The van der Waals surface area contributed by atoms with Crippen molar-refractivity contribution in [3.8, 4) is 0 Å². The summed E-state index contributed by atoms with van der Waals surface area (Å²) in [7, 11) is -3.61. The molecule has 0 aromatic heterocycles. The van der Waals surface area contributed by atoms with Crippen molar-refractivity contribution in [1.29, 1.82) is 0 Å². The molecule has 5 N–H and O–H groups in total. The van der Waals surface area contributed by atoms with Crippen LogP contribution in [0, 0.1) is 0 Å². The summed E-state index contributed by atoms with van der Waals surface area (Å²) in [4.78, 5) is 35.8. The van der Waals surface area contributed by atoms with E-state index in [1.807, 2.05) is 0 Å². The Morgan fingerprint density at radius 3 is 2.56 bits per heavy atom. The van der Waals surface area contributed by atoms with Crippen LogP contribution in [0.25, 0.3) is 0 Å². The van der Waals surface area contributed by atoms with E-state index in [1.54, 1.807) is 71.6 Å². The van der Waals surface area contributed by atoms with Crippen molar-refractivity contribution < 1.29 is 28.1 Å². The van der Waals surface area contributed by atoms with E-state index < -0.39 is 40.0 Å². The first-order valence-corrected chi connectivity index (χ1v) is 17.0. The molecule has 0 radical (unpaired) electrons. The van der Waals surface area contributed by atoms with E-state index >= 15 is 0 Å². The molecule has 1 aliphatic carbocycles. The number of amides is 2. The zero-order valence-corrected chi connectivity index (χ0v) is 26.6. The molecule has 1 fully saturated rings. The molecule has 4 atom stereocenters. The zero-order valence-electron chi connectivity index (χ0n) is 24.3. The lowest BCUT2D eigenvalue weighted by Gasteiger charge is -2.49. The number of nitrogens with zero attached hydrogens (tertiary/aromatic N) is 2. The average Bonchev–Trinajstić information content (AvgIpc) is 3.00. The smallest absolute Gasteiger partial charge is 0.255 e. The van der Waals surface area contributed by atoms with Crippen LogP contribution >= 0.6 is 23.2 Å². The lowest BCUT2D eigenvalue weighted by Crippen LogP contribution is -2.59. The fourth-order valence-electron chi connectivity index (χ4n) is 6.26. The fraction of sp³-hybridized carbons (Fsp3) is 0.323. The summed E-state index contributed by atoms with van der Waals surface area (Å²) in [5.41, 5.74) is 10.7. The third kappa shape index (κ3) is 7.26. The Morgan fingerprint density at radius 2 is 1.82 bits per heavy atom. The van der Waals surface area contributed by atoms with Crippen molar-refractivity contribution in [2.45, 2.75) is 56.3 Å². The molecule has 45 heavy (non-hydrogen) atoms. The number of amidine groups is 1. The molecule has 1 heterocycles. The van der Waals surface area contributed by atoms with E-state index in [-0.39, 0.29) is 23.4 Å². The van der Waals surface area contributed by atoms with Gasteiger partial charge in [-0.05, 0) is 53.8 Å². The Hall–Kier alpha value is -3.68. The molecule has 1 saturated carbocycles. The second-order valence-electron chi connectivity index (χ2n) is 11.2. The summed E-state index contributed by atoms with van der Waals surface area (Å²) in [5, 5.41) is 12.7. The highest BCUT2D eigenvalue weighted by atomic mass is 35.5. The van der Waals surface area contributed by atoms with Gasteiger partial charge in [-0.1, -0.05) is 83.7 Å². The van der Waals surface area contributed by atoms with Gasteiger partial charge < -0.3 is 15.8 Å². The number of hydroxylamine groups is 1. The number of fused-ring (bicyclic) bond motifs is 1. The Balaban J connectivity index is 1.55. The van der Waals surface area contributed by atoms with E-state index in [0.717, 1.165) is 19.1 Å². The van der Waals surface area contributed by atoms with Crippen LogP contribution in [0.2, 0.25) is 10.0 Å². The van der Waals surface area contributed by atoms with Gasteiger partial charge in [-0.2, -0.15) is 0 Å². The number of rotatable bonds is 9. The molecule has 0 spiro atoms. The predicted octanol–water partition coefficient (Wildman–Crippen LogP) is 4.48. The third-order valence-corrected chi connectivity index (χ3v) is 9.43. The number of carbonyl (C=O) groups excluding carboxylic acids is 2. The molecule has 3 aromatic rings. The number of benzene rings is 3. The maximum Gasteiger partial charge on any atom is 0.255 e. The van der Waals surface area contributed by atoms with Gasteiger partial charge in [-0.25, -0.2) is 18.6 Å². The molecular weight excluding hydrogens is 641 g/mol. The Morgan fingerprint density at radius 1 is 1.07 bits per heavy atom. The van der Waals surface area contributed by atoms with E-state index in [9.17, 15) is 18.0 Å². The number of hydrogen-bond donors (Lipinski definition) is 4. The minimum absolute atomic E-state index is 0.0371. The standard InChI is InChI=1S/C31H33Cl2N5O6S/c1-45(42,43)37-25-11-4-5-12-26(25)38-28(23-14-13-20(32)16-24(23)33)27(21-9-2-3-10-22(21)31(38)40)30(39)36-44-17-18-7-6-8-19(15-18)29(34)35-41/h2-3,6-10,13-16,25-28,37,41H,4-5,11-12,17H2,1H3,(H2,34,35)(H,36,39). The lowest BCUT2D eigenvalue weighted by molar-refractivity contribution is -0.138. The van der Waals surface area contributed by atoms with Gasteiger partial charge >= 0.3 is 0 Å². The molecule has 2 amide bonds. The minimum Gasteiger partial charge on any atom is -0.409 e. The first-order valence-electron chi connectivity index (χ1n) is 14.3. The van der Waals surface area contributed by atoms with Crippen LogP contribution in [0.4, 0.5) is 0 Å². The quantitative estimate of drug-likeness (QED) is 0.113. The number of hydrogen-bond acceptors (Lipinski definition) is 7. The maximum atomic E-state index is 14.3. The van der Waals surface area contributed by atoms with Gasteiger partial charge in [0.1, 0.15) is 0 Å². The van der Waals surface area contributed by atoms with Crippen molar-refractivity contribution in [2.75, 3.05) is 6.26 Å². The second kappa shape index (κ2) is 13.8. The molecular formula is C31H33Cl2N5O6S. The Bertz CT molecular complexity index is 1740. The SMILES string of the molecule is CS(=O)(=O)NC1CCCCC1N1C(=O)c2ccccc2C(C(=O)NOCc2cccc(C(N)=NO)c2)C1c1ccc(Cl)cc1Cl. The predicted molar refractivity (Wildman–Crippen MR) is 170 cm³/mol. The molecule has 11 nitrogen and oxygen atoms in total. The zero-order chi connectivity index (χ0) is 32.3. The molecule has 14 heteroatoms. The van der Waals surface area contributed by atoms with Crippen molar-refractivity contribution in [3.05, 3.63) is 105 Å². The second-order valence-corrected chi connectivity index (χ2v) is 13.8. The first kappa shape index (κ1) is 32.7. The molecule has 0 bridgehead atoms. The first-order chi connectivity index (χ1) is 21.5. The minimum atomic E-state index is -3.61. The Kier molecular flexibility index (Phi) is 10.00. The molecule has 0 saturated heterocycles. The normalized spacial score (nSPS) is 22.2. The van der Waals surface area contributed by atoms with E-state index in [2.05, 4.69) is 15.4 Å². The number of sulfonamides is 1. The summed E-state index contributed by atoms with van der Waals surface area (Å²) in [6.45, 7) is -0.0371. The largest absolute Gasteiger partial charge is 0.409 e. The van der Waals surface area contributed by atoms with Gasteiger partial charge in [-0.15, -0.1) is 0 Å². The van der Waals surface area contributed by atoms with Crippen molar-refractivity contribution in [3.63, 3.8) is 0 Å². The van der Waals surface area contributed by atoms with Gasteiger partial charge in [0, 0.05) is 33.3 Å². The summed E-state index contributed by atoms with van der Waals surface area (Å²) in [5.74, 6) is -1.92. The van der Waals surface area contributed by atoms with Crippen LogP contribution in [0.15, 0.2) is 71.9 Å². The van der Waals surface area contributed by atoms with Gasteiger partial charge in [0.15, 0.2) is 5.84 Å². The van der Waals surface area contributed by atoms with Crippen molar-refractivity contribution >= 4 is 50.9 Å². The molecule has 2 aliphatic rings. The highest BCUT2D eigenvalue weighted by Crippen LogP contribution is 2.47. The van der Waals surface area contributed by atoms with E-state index in [0.29, 0.717) is 45.7 Å². The summed E-state index contributed by atoms with van der Waals surface area (Å²) in [6, 6.07) is 16.4. The van der Waals surface area contributed by atoms with Crippen molar-refractivity contribution in [1.82, 2.24) is 15.1 Å². The van der Waals surface area contributed by atoms with Crippen molar-refractivity contribution in [2.24, 2.45) is 10.9 Å². The van der Waals surface area contributed by atoms with Crippen LogP contribution in [-0.2, 0) is 26.3 Å². The summed E-state index contributed by atoms with van der Waals surface area (Å²) < 4.78 is 27.5. The molecule has 1 aliphatic heterocycles. The lowest BCUT2D eigenvalue weighted by atomic mass is 9.76.